The first kappa shape index (κ1) is 17.7. The highest BCUT2D eigenvalue weighted by molar-refractivity contribution is 7.71. The molecule has 28 heavy (non-hydrogen) atoms. The van der Waals surface area contributed by atoms with Gasteiger partial charge in [0.2, 0.25) is 5.88 Å². The smallest absolute Gasteiger partial charge is 0.349 e. The molecule has 0 unspecified atom stereocenters. The van der Waals surface area contributed by atoms with Gasteiger partial charge in [0.25, 0.3) is 5.56 Å². The molecule has 8 heteroatoms. The Morgan fingerprint density at radius 1 is 1.21 bits per heavy atom. The number of carbonyl (C=O) groups excluding carboxylic acids is 1. The van der Waals surface area contributed by atoms with Crippen molar-refractivity contribution in [2.24, 2.45) is 0 Å². The number of aromatic nitrogens is 2. The van der Waals surface area contributed by atoms with Crippen LogP contribution in [0.4, 0.5) is 0 Å². The third kappa shape index (κ3) is 2.69. The first-order chi connectivity index (χ1) is 13.5. The van der Waals surface area contributed by atoms with Crippen molar-refractivity contribution < 1.29 is 14.3 Å². The summed E-state index contributed by atoms with van der Waals surface area (Å²) in [6.07, 6.45) is 0. The highest BCUT2D eigenvalue weighted by atomic mass is 32.1. The minimum absolute atomic E-state index is 0.0297. The van der Waals surface area contributed by atoms with Crippen LogP contribution < -0.4 is 10.3 Å². The molecule has 0 saturated heterocycles. The van der Waals surface area contributed by atoms with Crippen LogP contribution in [-0.4, -0.2) is 22.5 Å². The Bertz CT molecular complexity index is 1330. The maximum atomic E-state index is 12.7. The Labute approximate surface area is 163 Å². The second-order valence-corrected chi connectivity index (χ2v) is 6.36. The molecule has 2 aromatic carbocycles. The van der Waals surface area contributed by atoms with Crippen LogP contribution >= 0.6 is 12.2 Å². The molecular weight excluding hydrogens is 378 g/mol. The predicted octanol–water partition coefficient (Wildman–Crippen LogP) is 3.58. The third-order valence-corrected chi connectivity index (χ3v) is 4.56. The monoisotopic (exact) mass is 391 g/mol. The third-order valence-electron chi connectivity index (χ3n) is 4.35. The molecule has 1 aromatic heterocycles. The van der Waals surface area contributed by atoms with Crippen molar-refractivity contribution in [3.63, 3.8) is 0 Å². The Morgan fingerprint density at radius 2 is 2.00 bits per heavy atom. The molecule has 4 rings (SSSR count). The van der Waals surface area contributed by atoms with E-state index in [1.165, 1.54) is 0 Å². The van der Waals surface area contributed by atoms with Crippen molar-refractivity contribution >= 4 is 34.5 Å². The molecule has 0 bridgehead atoms. The zero-order valence-electron chi connectivity index (χ0n) is 14.7. The summed E-state index contributed by atoms with van der Waals surface area (Å²) in [5.41, 5.74) is -0.181. The van der Waals surface area contributed by atoms with Gasteiger partial charge < -0.3 is 14.5 Å². The molecule has 3 aromatic rings. The van der Waals surface area contributed by atoms with Crippen LogP contribution in [0.15, 0.2) is 46.8 Å². The summed E-state index contributed by atoms with van der Waals surface area (Å²) in [6, 6.07) is 12.9. The number of benzene rings is 2. The molecule has 0 amide bonds. The summed E-state index contributed by atoms with van der Waals surface area (Å²) in [5.74, 6) is -0.341. The highest BCUT2D eigenvalue weighted by Crippen LogP contribution is 2.45. The zero-order chi connectivity index (χ0) is 19.8. The fourth-order valence-electron chi connectivity index (χ4n) is 3.26. The van der Waals surface area contributed by atoms with E-state index in [-0.39, 0.29) is 34.0 Å². The van der Waals surface area contributed by atoms with Gasteiger partial charge in [-0.3, -0.25) is 9.78 Å². The van der Waals surface area contributed by atoms with E-state index in [1.54, 1.807) is 13.0 Å². The Hall–Kier alpha value is -3.70. The SMILES string of the molecule is CCOC(=O)/C(C#N)=C1\c2c([nH]c(=S)[nH]c2=O)Oc2ccc3ccccc3c21. The number of nitriles is 1. The molecular formula is C20H13N3O4S. The average molecular weight is 391 g/mol. The standard InChI is InChI=1S/C20H13N3O4S/c1-2-26-19(25)12(9-21)15-14-11-6-4-3-5-10(11)7-8-13(14)27-18-16(15)17(24)22-20(28)23-18/h3-8H,2H2,1H3,(H2,22,23,24,28)/b15-12-. The Kier molecular flexibility index (Phi) is 4.29. The molecule has 2 N–H and O–H groups in total. The van der Waals surface area contributed by atoms with E-state index in [1.807, 2.05) is 36.4 Å². The number of hydrogen-bond acceptors (Lipinski definition) is 6. The van der Waals surface area contributed by atoms with Gasteiger partial charge in [0.1, 0.15) is 23.0 Å². The maximum Gasteiger partial charge on any atom is 0.349 e. The highest BCUT2D eigenvalue weighted by Gasteiger charge is 2.32. The molecule has 0 fully saturated rings. The molecule has 1 aliphatic heterocycles. The van der Waals surface area contributed by atoms with E-state index in [0.717, 1.165) is 10.8 Å². The molecule has 0 saturated carbocycles. The van der Waals surface area contributed by atoms with E-state index < -0.39 is 11.5 Å². The van der Waals surface area contributed by atoms with Crippen LogP contribution in [0.2, 0.25) is 0 Å². The minimum Gasteiger partial charge on any atom is -0.462 e. The van der Waals surface area contributed by atoms with Gasteiger partial charge in [-0.15, -0.1) is 0 Å². The van der Waals surface area contributed by atoms with E-state index in [9.17, 15) is 14.9 Å². The summed E-state index contributed by atoms with van der Waals surface area (Å²) in [4.78, 5) is 30.5. The predicted molar refractivity (Wildman–Crippen MR) is 105 cm³/mol. The summed E-state index contributed by atoms with van der Waals surface area (Å²) >= 11 is 5.02. The fourth-order valence-corrected chi connectivity index (χ4v) is 3.44. The van der Waals surface area contributed by atoms with Gasteiger partial charge in [0.15, 0.2) is 4.77 Å². The number of hydrogen-bond donors (Lipinski definition) is 2. The summed E-state index contributed by atoms with van der Waals surface area (Å²) in [6.45, 7) is 1.74. The first-order valence-corrected chi connectivity index (χ1v) is 8.84. The number of esters is 1. The Morgan fingerprint density at radius 3 is 2.75 bits per heavy atom. The van der Waals surface area contributed by atoms with Crippen molar-refractivity contribution in [3.8, 4) is 17.7 Å². The molecule has 0 radical (unpaired) electrons. The second kappa shape index (κ2) is 6.79. The number of H-pyrrole nitrogens is 2. The van der Waals surface area contributed by atoms with Gasteiger partial charge in [0, 0.05) is 11.1 Å². The molecule has 138 valence electrons. The fraction of sp³-hybridized carbons (Fsp3) is 0.100. The number of nitrogens with one attached hydrogen (secondary N) is 2. The van der Waals surface area contributed by atoms with Gasteiger partial charge in [-0.05, 0) is 36.0 Å². The number of fused-ring (bicyclic) bond motifs is 4. The van der Waals surface area contributed by atoms with Crippen LogP contribution in [0, 0.1) is 16.1 Å². The second-order valence-electron chi connectivity index (χ2n) is 5.96. The molecule has 0 spiro atoms. The number of rotatable bonds is 2. The normalized spacial score (nSPS) is 13.7. The number of carbonyl (C=O) groups is 1. The van der Waals surface area contributed by atoms with Crippen LogP contribution in [0.3, 0.4) is 0 Å². The van der Waals surface area contributed by atoms with Crippen LogP contribution in [0.25, 0.3) is 16.3 Å². The lowest BCUT2D eigenvalue weighted by molar-refractivity contribution is -0.137. The van der Waals surface area contributed by atoms with Crippen LogP contribution in [0.1, 0.15) is 18.1 Å². The van der Waals surface area contributed by atoms with Crippen molar-refractivity contribution in [1.82, 2.24) is 9.97 Å². The zero-order valence-corrected chi connectivity index (χ0v) is 15.5. The topological polar surface area (TPSA) is 108 Å². The number of nitrogens with zero attached hydrogens (tertiary/aromatic N) is 1. The molecule has 7 nitrogen and oxygen atoms in total. The molecule has 0 atom stereocenters. The van der Waals surface area contributed by atoms with Crippen molar-refractivity contribution in [2.45, 2.75) is 6.92 Å². The number of ether oxygens (including phenoxy) is 2. The summed E-state index contributed by atoms with van der Waals surface area (Å²) < 4.78 is 11.0. The van der Waals surface area contributed by atoms with E-state index in [0.29, 0.717) is 11.3 Å². The van der Waals surface area contributed by atoms with Crippen molar-refractivity contribution in [1.29, 1.82) is 5.26 Å². The lowest BCUT2D eigenvalue weighted by atomic mass is 9.88. The summed E-state index contributed by atoms with van der Waals surface area (Å²) in [5, 5.41) is 11.4. The van der Waals surface area contributed by atoms with Gasteiger partial charge >= 0.3 is 5.97 Å². The lowest BCUT2D eigenvalue weighted by Crippen LogP contribution is -2.21. The minimum atomic E-state index is -0.811. The molecule has 2 heterocycles. The first-order valence-electron chi connectivity index (χ1n) is 8.43. The van der Waals surface area contributed by atoms with E-state index >= 15 is 0 Å². The van der Waals surface area contributed by atoms with Crippen LogP contribution in [0.5, 0.6) is 11.6 Å². The average Bonchev–Trinajstić information content (AvgIpc) is 2.67. The number of aromatic amines is 2. The van der Waals surface area contributed by atoms with Crippen molar-refractivity contribution in [2.75, 3.05) is 6.61 Å². The quantitative estimate of drug-likeness (QED) is 0.234. The van der Waals surface area contributed by atoms with Gasteiger partial charge in [-0.2, -0.15) is 5.26 Å². The molecule has 1 aliphatic rings. The van der Waals surface area contributed by atoms with E-state index in [4.69, 9.17) is 21.7 Å². The van der Waals surface area contributed by atoms with E-state index in [2.05, 4.69) is 9.97 Å². The van der Waals surface area contributed by atoms with Crippen LogP contribution in [-0.2, 0) is 9.53 Å². The lowest BCUT2D eigenvalue weighted by Gasteiger charge is -2.23. The largest absolute Gasteiger partial charge is 0.462 e. The van der Waals surface area contributed by atoms with Gasteiger partial charge in [-0.25, -0.2) is 4.79 Å². The van der Waals surface area contributed by atoms with Crippen molar-refractivity contribution in [3.05, 3.63) is 68.2 Å². The maximum absolute atomic E-state index is 12.7. The Balaban J connectivity index is 2.20. The molecule has 0 aliphatic carbocycles. The van der Waals surface area contributed by atoms with Gasteiger partial charge in [-0.1, -0.05) is 30.3 Å². The van der Waals surface area contributed by atoms with Gasteiger partial charge in [0.05, 0.1) is 6.61 Å². The summed E-state index contributed by atoms with van der Waals surface area (Å²) in [7, 11) is 0.